The number of halogens is 1. The predicted molar refractivity (Wildman–Crippen MR) is 87.6 cm³/mol. The van der Waals surface area contributed by atoms with E-state index in [4.69, 9.17) is 5.73 Å². The van der Waals surface area contributed by atoms with Gasteiger partial charge in [0.15, 0.2) is 0 Å². The summed E-state index contributed by atoms with van der Waals surface area (Å²) in [6.07, 6.45) is 1.73. The Morgan fingerprint density at radius 2 is 2.05 bits per heavy atom. The Morgan fingerprint density at radius 1 is 1.38 bits per heavy atom. The molecule has 21 heavy (non-hydrogen) atoms. The summed E-state index contributed by atoms with van der Waals surface area (Å²) in [5.41, 5.74) is 6.65. The molecule has 0 bridgehead atoms. The molecule has 0 saturated heterocycles. The molecule has 0 aromatic heterocycles. The van der Waals surface area contributed by atoms with Crippen LogP contribution < -0.4 is 11.1 Å². The smallest absolute Gasteiger partial charge is 0.251 e. The number of sulfonamides is 1. The van der Waals surface area contributed by atoms with Gasteiger partial charge in [0, 0.05) is 35.4 Å². The first-order valence-corrected chi connectivity index (χ1v) is 9.17. The van der Waals surface area contributed by atoms with Gasteiger partial charge in [0.2, 0.25) is 10.0 Å². The topological polar surface area (TPSA) is 92.5 Å². The highest BCUT2D eigenvalue weighted by atomic mass is 79.9. The molecule has 1 rings (SSSR count). The summed E-state index contributed by atoms with van der Waals surface area (Å²) >= 11 is 3.28. The molecule has 0 heterocycles. The van der Waals surface area contributed by atoms with E-state index < -0.39 is 10.0 Å². The maximum atomic E-state index is 11.9. The molecule has 1 aromatic carbocycles. The van der Waals surface area contributed by atoms with Gasteiger partial charge in [-0.3, -0.25) is 4.79 Å². The molecule has 0 atom stereocenters. The Labute approximate surface area is 133 Å². The molecule has 0 radical (unpaired) electrons. The first-order valence-electron chi connectivity index (χ1n) is 6.53. The standard InChI is InChI=1S/C13H20BrN3O3S/c1-3-17(21(2,19)20)6-4-5-16-13(18)10-7-11(14)9-12(15)8-10/h7-9H,3-6,15H2,1-2H3,(H,16,18). The van der Waals surface area contributed by atoms with E-state index in [0.29, 0.717) is 37.3 Å². The largest absolute Gasteiger partial charge is 0.399 e. The van der Waals surface area contributed by atoms with Crippen LogP contribution in [0.2, 0.25) is 0 Å². The van der Waals surface area contributed by atoms with E-state index in [-0.39, 0.29) is 5.91 Å². The molecule has 8 heteroatoms. The molecule has 0 aliphatic rings. The number of rotatable bonds is 7. The second-order valence-electron chi connectivity index (χ2n) is 4.64. The zero-order valence-corrected chi connectivity index (χ0v) is 14.5. The van der Waals surface area contributed by atoms with Crippen LogP contribution in [0.1, 0.15) is 23.7 Å². The Balaban J connectivity index is 2.47. The minimum atomic E-state index is -3.18. The van der Waals surface area contributed by atoms with Crippen molar-refractivity contribution in [3.8, 4) is 0 Å². The zero-order valence-electron chi connectivity index (χ0n) is 12.1. The lowest BCUT2D eigenvalue weighted by molar-refractivity contribution is 0.0952. The fourth-order valence-electron chi connectivity index (χ4n) is 1.86. The lowest BCUT2D eigenvalue weighted by Crippen LogP contribution is -2.33. The van der Waals surface area contributed by atoms with Crippen LogP contribution in [0.15, 0.2) is 22.7 Å². The van der Waals surface area contributed by atoms with Gasteiger partial charge in [0.25, 0.3) is 5.91 Å². The number of amides is 1. The highest BCUT2D eigenvalue weighted by molar-refractivity contribution is 9.10. The van der Waals surface area contributed by atoms with Crippen LogP contribution in [-0.2, 0) is 10.0 Å². The molecule has 6 nitrogen and oxygen atoms in total. The molecule has 3 N–H and O–H groups in total. The first-order chi connectivity index (χ1) is 9.74. The van der Waals surface area contributed by atoms with Gasteiger partial charge in [-0.25, -0.2) is 12.7 Å². The van der Waals surface area contributed by atoms with Crippen LogP contribution in [0, 0.1) is 0 Å². The van der Waals surface area contributed by atoms with Crippen molar-refractivity contribution in [2.24, 2.45) is 0 Å². The van der Waals surface area contributed by atoms with Gasteiger partial charge in [0.1, 0.15) is 0 Å². The minimum absolute atomic E-state index is 0.231. The summed E-state index contributed by atoms with van der Waals surface area (Å²) in [5.74, 6) is -0.231. The van der Waals surface area contributed by atoms with E-state index in [0.717, 1.165) is 4.47 Å². The van der Waals surface area contributed by atoms with Crippen LogP contribution in [-0.4, -0.2) is 44.5 Å². The van der Waals surface area contributed by atoms with Crippen molar-refractivity contribution in [2.45, 2.75) is 13.3 Å². The number of nitrogens with zero attached hydrogens (tertiary/aromatic N) is 1. The average Bonchev–Trinajstić information content (AvgIpc) is 2.35. The number of hydrogen-bond donors (Lipinski definition) is 2. The van der Waals surface area contributed by atoms with Gasteiger partial charge in [-0.1, -0.05) is 22.9 Å². The number of nitrogens with two attached hydrogens (primary N) is 1. The lowest BCUT2D eigenvalue weighted by Gasteiger charge is -2.17. The summed E-state index contributed by atoms with van der Waals surface area (Å²) in [6, 6.07) is 4.98. The van der Waals surface area contributed by atoms with Crippen LogP contribution in [0.3, 0.4) is 0 Å². The third-order valence-corrected chi connectivity index (χ3v) is 4.71. The monoisotopic (exact) mass is 377 g/mol. The van der Waals surface area contributed by atoms with Crippen molar-refractivity contribution in [1.82, 2.24) is 9.62 Å². The van der Waals surface area contributed by atoms with E-state index >= 15 is 0 Å². The molecule has 0 unspecified atom stereocenters. The Hall–Kier alpha value is -1.12. The summed E-state index contributed by atoms with van der Waals surface area (Å²) in [6.45, 7) is 2.99. The fraction of sp³-hybridized carbons (Fsp3) is 0.462. The van der Waals surface area contributed by atoms with Gasteiger partial charge >= 0.3 is 0 Å². The number of carbonyl (C=O) groups is 1. The van der Waals surface area contributed by atoms with Crippen LogP contribution >= 0.6 is 15.9 Å². The number of nitrogens with one attached hydrogen (secondary N) is 1. The number of nitrogen functional groups attached to an aromatic ring is 1. The zero-order chi connectivity index (χ0) is 16.0. The van der Waals surface area contributed by atoms with Crippen LogP contribution in [0.25, 0.3) is 0 Å². The second-order valence-corrected chi connectivity index (χ2v) is 7.54. The van der Waals surface area contributed by atoms with E-state index in [2.05, 4.69) is 21.2 Å². The number of carbonyl (C=O) groups excluding carboxylic acids is 1. The summed E-state index contributed by atoms with van der Waals surface area (Å²) in [4.78, 5) is 11.9. The third kappa shape index (κ3) is 6.03. The Bertz CT molecular complexity index is 584. The van der Waals surface area contributed by atoms with Crippen molar-refractivity contribution >= 4 is 37.5 Å². The molecule has 1 amide bonds. The van der Waals surface area contributed by atoms with E-state index in [1.54, 1.807) is 25.1 Å². The van der Waals surface area contributed by atoms with E-state index in [1.165, 1.54) is 10.6 Å². The van der Waals surface area contributed by atoms with Crippen molar-refractivity contribution in [3.05, 3.63) is 28.2 Å². The van der Waals surface area contributed by atoms with Gasteiger partial charge in [0.05, 0.1) is 6.26 Å². The van der Waals surface area contributed by atoms with Crippen molar-refractivity contribution in [3.63, 3.8) is 0 Å². The second kappa shape index (κ2) is 7.77. The molecule has 0 spiro atoms. The fourth-order valence-corrected chi connectivity index (χ4v) is 3.30. The highest BCUT2D eigenvalue weighted by Gasteiger charge is 2.13. The van der Waals surface area contributed by atoms with Gasteiger partial charge in [-0.2, -0.15) is 0 Å². The molecule has 0 aliphatic carbocycles. The summed E-state index contributed by atoms with van der Waals surface area (Å²) in [5, 5.41) is 2.75. The molecule has 0 aliphatic heterocycles. The maximum absolute atomic E-state index is 11.9. The van der Waals surface area contributed by atoms with E-state index in [9.17, 15) is 13.2 Å². The maximum Gasteiger partial charge on any atom is 0.251 e. The van der Waals surface area contributed by atoms with Crippen molar-refractivity contribution in [1.29, 1.82) is 0 Å². The van der Waals surface area contributed by atoms with Crippen LogP contribution in [0.5, 0.6) is 0 Å². The van der Waals surface area contributed by atoms with Gasteiger partial charge in [-0.15, -0.1) is 0 Å². The predicted octanol–water partition coefficient (Wildman–Crippen LogP) is 1.43. The van der Waals surface area contributed by atoms with Gasteiger partial charge in [-0.05, 0) is 24.6 Å². The summed E-state index contributed by atoms with van der Waals surface area (Å²) < 4.78 is 24.9. The van der Waals surface area contributed by atoms with Crippen molar-refractivity contribution in [2.75, 3.05) is 31.6 Å². The van der Waals surface area contributed by atoms with Gasteiger partial charge < -0.3 is 11.1 Å². The molecule has 0 fully saturated rings. The van der Waals surface area contributed by atoms with Crippen molar-refractivity contribution < 1.29 is 13.2 Å². The van der Waals surface area contributed by atoms with Crippen LogP contribution in [0.4, 0.5) is 5.69 Å². The number of hydrogen-bond acceptors (Lipinski definition) is 4. The summed E-state index contributed by atoms with van der Waals surface area (Å²) in [7, 11) is -3.18. The highest BCUT2D eigenvalue weighted by Crippen LogP contribution is 2.17. The number of anilines is 1. The molecular formula is C13H20BrN3O3S. The Kier molecular flexibility index (Phi) is 6.63. The quantitative estimate of drug-likeness (QED) is 0.555. The SMILES string of the molecule is CCN(CCCNC(=O)c1cc(N)cc(Br)c1)S(C)(=O)=O. The number of benzene rings is 1. The molecule has 1 aromatic rings. The third-order valence-electron chi connectivity index (χ3n) is 2.87. The average molecular weight is 378 g/mol. The molecule has 118 valence electrons. The molecule has 0 saturated carbocycles. The molecular weight excluding hydrogens is 358 g/mol. The lowest BCUT2D eigenvalue weighted by atomic mass is 10.2. The Morgan fingerprint density at radius 3 is 2.57 bits per heavy atom. The first kappa shape index (κ1) is 17.9. The minimum Gasteiger partial charge on any atom is -0.399 e. The van der Waals surface area contributed by atoms with E-state index in [1.807, 2.05) is 0 Å². The normalized spacial score (nSPS) is 11.6.